The van der Waals surface area contributed by atoms with Crippen LogP contribution in [0.15, 0.2) is 60.2 Å². The van der Waals surface area contributed by atoms with Gasteiger partial charge in [-0.05, 0) is 17.7 Å². The van der Waals surface area contributed by atoms with Crippen molar-refractivity contribution in [3.63, 3.8) is 0 Å². The van der Waals surface area contributed by atoms with E-state index in [9.17, 15) is 14.7 Å². The molecule has 156 valence electrons. The van der Waals surface area contributed by atoms with Crippen molar-refractivity contribution in [3.05, 3.63) is 76.3 Å². The lowest BCUT2D eigenvalue weighted by molar-refractivity contribution is -0.140. The van der Waals surface area contributed by atoms with E-state index in [2.05, 4.69) is 4.90 Å². The maximum Gasteiger partial charge on any atom is 0.295 e. The molecule has 0 aliphatic carbocycles. The molecule has 2 aromatic carbocycles. The molecule has 2 fully saturated rings. The summed E-state index contributed by atoms with van der Waals surface area (Å²) in [6, 6.07) is 15.2. The van der Waals surface area contributed by atoms with Gasteiger partial charge >= 0.3 is 0 Å². The first-order valence-corrected chi connectivity index (χ1v) is 10.3. The van der Waals surface area contributed by atoms with Crippen LogP contribution in [0.4, 0.5) is 0 Å². The molecule has 1 N–H and O–H groups in total. The fraction of sp³-hybridized carbons (Fsp3) is 0.304. The number of morpholine rings is 1. The lowest BCUT2D eigenvalue weighted by atomic mass is 9.95. The van der Waals surface area contributed by atoms with Gasteiger partial charge in [-0.15, -0.1) is 0 Å². The number of ketones is 1. The molecule has 2 aromatic rings. The predicted molar refractivity (Wildman–Crippen MR) is 114 cm³/mol. The number of ether oxygens (including phenoxy) is 1. The van der Waals surface area contributed by atoms with Crippen LogP contribution < -0.4 is 0 Å². The molecule has 1 amide bonds. The van der Waals surface area contributed by atoms with Gasteiger partial charge in [0.25, 0.3) is 11.7 Å². The van der Waals surface area contributed by atoms with Crippen LogP contribution in [-0.4, -0.2) is 66.0 Å². The summed E-state index contributed by atoms with van der Waals surface area (Å²) in [5.41, 5.74) is 1.34. The summed E-state index contributed by atoms with van der Waals surface area (Å²) in [6.45, 7) is 3.91. The van der Waals surface area contributed by atoms with Crippen molar-refractivity contribution < 1.29 is 19.4 Å². The predicted octanol–water partition coefficient (Wildman–Crippen LogP) is 3.09. The summed E-state index contributed by atoms with van der Waals surface area (Å²) in [5.74, 6) is -1.43. The van der Waals surface area contributed by atoms with Crippen LogP contribution in [0.25, 0.3) is 5.76 Å². The molecule has 4 rings (SSSR count). The normalized spacial score (nSPS) is 21.9. The Kier molecular flexibility index (Phi) is 6.18. The molecular formula is C23H23ClN2O4. The van der Waals surface area contributed by atoms with E-state index in [1.54, 1.807) is 53.4 Å². The van der Waals surface area contributed by atoms with Gasteiger partial charge < -0.3 is 14.7 Å². The number of halogens is 1. The van der Waals surface area contributed by atoms with Crippen LogP contribution in [0.2, 0.25) is 5.02 Å². The Morgan fingerprint density at radius 2 is 1.67 bits per heavy atom. The van der Waals surface area contributed by atoms with Crippen LogP contribution in [0.5, 0.6) is 0 Å². The summed E-state index contributed by atoms with van der Waals surface area (Å²) in [7, 11) is 0. The molecule has 2 heterocycles. The van der Waals surface area contributed by atoms with E-state index in [1.165, 1.54) is 0 Å². The number of hydrogen-bond donors (Lipinski definition) is 1. The van der Waals surface area contributed by atoms with Crippen molar-refractivity contribution in [2.75, 3.05) is 39.4 Å². The quantitative estimate of drug-likeness (QED) is 0.452. The van der Waals surface area contributed by atoms with Crippen LogP contribution in [-0.2, 0) is 14.3 Å². The van der Waals surface area contributed by atoms with E-state index in [0.29, 0.717) is 36.9 Å². The molecule has 1 unspecified atom stereocenters. The third-order valence-electron chi connectivity index (χ3n) is 5.53. The van der Waals surface area contributed by atoms with Gasteiger partial charge in [0, 0.05) is 36.8 Å². The zero-order valence-electron chi connectivity index (χ0n) is 16.5. The molecule has 30 heavy (non-hydrogen) atoms. The van der Waals surface area contributed by atoms with Gasteiger partial charge in [-0.3, -0.25) is 14.5 Å². The van der Waals surface area contributed by atoms with Crippen LogP contribution >= 0.6 is 11.6 Å². The number of carbonyl (C=O) groups is 2. The lowest BCUT2D eigenvalue weighted by Gasteiger charge is -2.31. The highest BCUT2D eigenvalue weighted by Crippen LogP contribution is 2.39. The minimum absolute atomic E-state index is 0.107. The second-order valence-corrected chi connectivity index (χ2v) is 7.80. The Bertz CT molecular complexity index is 953. The van der Waals surface area contributed by atoms with E-state index in [0.717, 1.165) is 18.7 Å². The smallest absolute Gasteiger partial charge is 0.295 e. The fourth-order valence-corrected chi connectivity index (χ4v) is 4.05. The first-order valence-electron chi connectivity index (χ1n) is 9.95. The average Bonchev–Trinajstić information content (AvgIpc) is 3.04. The molecule has 0 bridgehead atoms. The van der Waals surface area contributed by atoms with E-state index in [-0.39, 0.29) is 11.3 Å². The van der Waals surface area contributed by atoms with Crippen molar-refractivity contribution in [1.82, 2.24) is 9.80 Å². The molecule has 0 saturated carbocycles. The Balaban J connectivity index is 1.72. The van der Waals surface area contributed by atoms with Crippen LogP contribution in [0, 0.1) is 0 Å². The number of hydrogen-bond acceptors (Lipinski definition) is 5. The number of nitrogens with zero attached hydrogens (tertiary/aromatic N) is 2. The summed E-state index contributed by atoms with van der Waals surface area (Å²) in [5, 5.41) is 11.5. The van der Waals surface area contributed by atoms with Crippen LogP contribution in [0.1, 0.15) is 17.2 Å². The van der Waals surface area contributed by atoms with Crippen molar-refractivity contribution >= 4 is 29.1 Å². The highest BCUT2D eigenvalue weighted by Gasteiger charge is 2.46. The third kappa shape index (κ3) is 4.12. The molecule has 0 aromatic heterocycles. The number of carbonyl (C=O) groups excluding carboxylic acids is 2. The van der Waals surface area contributed by atoms with Gasteiger partial charge in [0.1, 0.15) is 5.76 Å². The molecule has 0 spiro atoms. The Morgan fingerprint density at radius 3 is 2.33 bits per heavy atom. The Labute approximate surface area is 180 Å². The molecule has 2 aliphatic rings. The van der Waals surface area contributed by atoms with Gasteiger partial charge in [-0.25, -0.2) is 0 Å². The number of benzene rings is 2. The topological polar surface area (TPSA) is 70.1 Å². The summed E-state index contributed by atoms with van der Waals surface area (Å²) >= 11 is 6.04. The molecule has 6 nitrogen and oxygen atoms in total. The maximum absolute atomic E-state index is 13.0. The number of rotatable bonds is 5. The van der Waals surface area contributed by atoms with Gasteiger partial charge in [-0.2, -0.15) is 0 Å². The first kappa shape index (κ1) is 20.6. The zero-order valence-corrected chi connectivity index (χ0v) is 17.2. The molecule has 2 saturated heterocycles. The highest BCUT2D eigenvalue weighted by molar-refractivity contribution is 6.46. The van der Waals surface area contributed by atoms with Gasteiger partial charge in [-0.1, -0.05) is 54.1 Å². The number of amides is 1. The monoisotopic (exact) mass is 426 g/mol. The molecular weight excluding hydrogens is 404 g/mol. The zero-order chi connectivity index (χ0) is 21.1. The summed E-state index contributed by atoms with van der Waals surface area (Å²) in [6.07, 6.45) is 0. The first-order chi connectivity index (χ1) is 14.6. The van der Waals surface area contributed by atoms with E-state index in [4.69, 9.17) is 16.3 Å². The SMILES string of the molecule is O=C1C(=O)N(CCN2CCOCC2)C(c2ccc(Cl)cc2)/C1=C(/O)c1ccccc1. The fourth-order valence-electron chi connectivity index (χ4n) is 3.93. The van der Waals surface area contributed by atoms with Crippen molar-refractivity contribution in [3.8, 4) is 0 Å². The largest absolute Gasteiger partial charge is 0.507 e. The van der Waals surface area contributed by atoms with Crippen molar-refractivity contribution in [2.45, 2.75) is 6.04 Å². The standard InChI is InChI=1S/C23H23ClN2O4/c24-18-8-6-16(7-9-18)20-19(21(27)17-4-2-1-3-5-17)22(28)23(29)26(20)11-10-25-12-14-30-15-13-25/h1-9,20,27H,10-15H2/b21-19-. The number of aliphatic hydroxyl groups is 1. The minimum atomic E-state index is -0.668. The number of likely N-dealkylation sites (tertiary alicyclic amines) is 1. The van der Waals surface area contributed by atoms with Gasteiger partial charge in [0.2, 0.25) is 0 Å². The third-order valence-corrected chi connectivity index (χ3v) is 5.79. The van der Waals surface area contributed by atoms with E-state index in [1.807, 2.05) is 6.07 Å². The second-order valence-electron chi connectivity index (χ2n) is 7.36. The summed E-state index contributed by atoms with van der Waals surface area (Å²) in [4.78, 5) is 29.7. The lowest BCUT2D eigenvalue weighted by Crippen LogP contribution is -2.42. The Hall–Kier alpha value is -2.67. The second kappa shape index (κ2) is 9.00. The molecule has 2 aliphatic heterocycles. The number of aliphatic hydroxyl groups excluding tert-OH is 1. The van der Waals surface area contributed by atoms with E-state index >= 15 is 0 Å². The highest BCUT2D eigenvalue weighted by atomic mass is 35.5. The average molecular weight is 427 g/mol. The molecule has 1 atom stereocenters. The Morgan fingerprint density at radius 1 is 1.00 bits per heavy atom. The minimum Gasteiger partial charge on any atom is -0.507 e. The number of Topliss-reactive ketones (excluding diaryl/α,β-unsaturated/α-hetero) is 1. The molecule has 0 radical (unpaired) electrons. The van der Waals surface area contributed by atoms with E-state index < -0.39 is 17.7 Å². The van der Waals surface area contributed by atoms with Crippen LogP contribution in [0.3, 0.4) is 0 Å². The van der Waals surface area contributed by atoms with Gasteiger partial charge in [0.15, 0.2) is 0 Å². The molecule has 7 heteroatoms. The maximum atomic E-state index is 13.0. The summed E-state index contributed by atoms with van der Waals surface area (Å²) < 4.78 is 5.38. The van der Waals surface area contributed by atoms with Crippen molar-refractivity contribution in [2.24, 2.45) is 0 Å². The van der Waals surface area contributed by atoms with Gasteiger partial charge in [0.05, 0.1) is 24.8 Å². The van der Waals surface area contributed by atoms with Crippen molar-refractivity contribution in [1.29, 1.82) is 0 Å².